The molecular weight excluding hydrogens is 288 g/mol. The Bertz CT molecular complexity index is 815. The molecule has 2 unspecified atom stereocenters. The maximum absolute atomic E-state index is 10.2. The summed E-state index contributed by atoms with van der Waals surface area (Å²) in [5, 5.41) is 14.0. The number of nitrogens with one attached hydrogen (secondary N) is 1. The number of anilines is 1. The van der Waals surface area contributed by atoms with Gasteiger partial charge in [0, 0.05) is 17.5 Å². The molecule has 4 rings (SSSR count). The molecule has 0 saturated carbocycles. The SMILES string of the molecule is OC1Cc2ccccc2C1Nc1nc2ccc(Cl)cc2o1. The lowest BCUT2D eigenvalue weighted by Crippen LogP contribution is -2.21. The van der Waals surface area contributed by atoms with Crippen molar-refractivity contribution in [1.29, 1.82) is 0 Å². The largest absolute Gasteiger partial charge is 0.423 e. The molecule has 1 aliphatic rings. The lowest BCUT2D eigenvalue weighted by atomic mass is 10.1. The van der Waals surface area contributed by atoms with Gasteiger partial charge in [-0.25, -0.2) is 0 Å². The van der Waals surface area contributed by atoms with Crippen LogP contribution in [0, 0.1) is 0 Å². The molecule has 1 aromatic heterocycles. The summed E-state index contributed by atoms with van der Waals surface area (Å²) in [5.41, 5.74) is 3.61. The minimum absolute atomic E-state index is 0.204. The fourth-order valence-corrected chi connectivity index (χ4v) is 3.00. The first-order valence-corrected chi connectivity index (χ1v) is 7.17. The van der Waals surface area contributed by atoms with Crippen LogP contribution in [0.25, 0.3) is 11.1 Å². The van der Waals surface area contributed by atoms with E-state index in [2.05, 4.69) is 10.3 Å². The minimum Gasteiger partial charge on any atom is -0.423 e. The first kappa shape index (κ1) is 12.7. The Balaban J connectivity index is 1.68. The van der Waals surface area contributed by atoms with Crippen molar-refractivity contribution >= 4 is 28.7 Å². The molecule has 2 aromatic carbocycles. The predicted octanol–water partition coefficient (Wildman–Crippen LogP) is 3.55. The molecule has 106 valence electrons. The van der Waals surface area contributed by atoms with Gasteiger partial charge in [-0.05, 0) is 23.3 Å². The molecule has 0 fully saturated rings. The summed E-state index contributed by atoms with van der Waals surface area (Å²) in [6.07, 6.45) is 0.154. The normalized spacial score (nSPS) is 20.7. The van der Waals surface area contributed by atoms with Gasteiger partial charge in [0.2, 0.25) is 0 Å². The van der Waals surface area contributed by atoms with Crippen LogP contribution < -0.4 is 5.32 Å². The second-order valence-corrected chi connectivity index (χ2v) is 5.66. The number of benzene rings is 2. The summed E-state index contributed by atoms with van der Waals surface area (Å²) in [6, 6.07) is 13.5. The Morgan fingerprint density at radius 3 is 3.00 bits per heavy atom. The molecule has 1 heterocycles. The lowest BCUT2D eigenvalue weighted by Gasteiger charge is -2.16. The van der Waals surface area contributed by atoms with Gasteiger partial charge in [0.25, 0.3) is 6.01 Å². The average molecular weight is 301 g/mol. The number of nitrogens with zero attached hydrogens (tertiary/aromatic N) is 1. The number of aromatic nitrogens is 1. The zero-order valence-corrected chi connectivity index (χ0v) is 11.8. The highest BCUT2D eigenvalue weighted by molar-refractivity contribution is 6.31. The van der Waals surface area contributed by atoms with Crippen molar-refractivity contribution in [3.63, 3.8) is 0 Å². The first-order chi connectivity index (χ1) is 10.2. The van der Waals surface area contributed by atoms with Crippen molar-refractivity contribution in [2.75, 3.05) is 5.32 Å². The van der Waals surface area contributed by atoms with E-state index in [1.54, 1.807) is 12.1 Å². The zero-order valence-electron chi connectivity index (χ0n) is 11.1. The van der Waals surface area contributed by atoms with Crippen LogP contribution in [0.2, 0.25) is 5.02 Å². The molecule has 2 atom stereocenters. The van der Waals surface area contributed by atoms with Crippen LogP contribution >= 0.6 is 11.6 Å². The van der Waals surface area contributed by atoms with E-state index < -0.39 is 6.10 Å². The van der Waals surface area contributed by atoms with Gasteiger partial charge in [-0.15, -0.1) is 0 Å². The Morgan fingerprint density at radius 2 is 2.10 bits per heavy atom. The lowest BCUT2D eigenvalue weighted by molar-refractivity contribution is 0.164. The molecular formula is C16H13ClN2O2. The van der Waals surface area contributed by atoms with Crippen LogP contribution in [-0.2, 0) is 6.42 Å². The van der Waals surface area contributed by atoms with Crippen molar-refractivity contribution in [2.24, 2.45) is 0 Å². The van der Waals surface area contributed by atoms with Crippen LogP contribution in [0.4, 0.5) is 6.01 Å². The van der Waals surface area contributed by atoms with Gasteiger partial charge < -0.3 is 14.8 Å². The highest BCUT2D eigenvalue weighted by Gasteiger charge is 2.31. The quantitative estimate of drug-likeness (QED) is 0.760. The third-order valence-corrected chi connectivity index (χ3v) is 4.07. The molecule has 0 saturated heterocycles. The highest BCUT2D eigenvalue weighted by Crippen LogP contribution is 2.34. The van der Waals surface area contributed by atoms with Gasteiger partial charge in [0.1, 0.15) is 5.52 Å². The highest BCUT2D eigenvalue weighted by atomic mass is 35.5. The molecule has 0 amide bonds. The molecule has 1 aliphatic carbocycles. The molecule has 0 bridgehead atoms. The van der Waals surface area contributed by atoms with E-state index in [0.29, 0.717) is 23.0 Å². The monoisotopic (exact) mass is 300 g/mol. The number of rotatable bonds is 2. The van der Waals surface area contributed by atoms with E-state index >= 15 is 0 Å². The van der Waals surface area contributed by atoms with Crippen LogP contribution in [-0.4, -0.2) is 16.2 Å². The predicted molar refractivity (Wildman–Crippen MR) is 81.5 cm³/mol. The summed E-state index contributed by atoms with van der Waals surface area (Å²) in [6.45, 7) is 0. The summed E-state index contributed by atoms with van der Waals surface area (Å²) in [7, 11) is 0. The molecule has 2 N–H and O–H groups in total. The molecule has 5 heteroatoms. The van der Waals surface area contributed by atoms with Gasteiger partial charge in [0.15, 0.2) is 5.58 Å². The second-order valence-electron chi connectivity index (χ2n) is 5.22. The smallest absolute Gasteiger partial charge is 0.296 e. The van der Waals surface area contributed by atoms with E-state index in [9.17, 15) is 5.11 Å². The van der Waals surface area contributed by atoms with E-state index in [1.807, 2.05) is 30.3 Å². The van der Waals surface area contributed by atoms with E-state index in [1.165, 1.54) is 0 Å². The van der Waals surface area contributed by atoms with Gasteiger partial charge in [-0.3, -0.25) is 0 Å². The van der Waals surface area contributed by atoms with Crippen LogP contribution in [0.5, 0.6) is 0 Å². The first-order valence-electron chi connectivity index (χ1n) is 6.79. The maximum atomic E-state index is 10.2. The Hall–Kier alpha value is -2.04. The number of halogens is 1. The van der Waals surface area contributed by atoms with Crippen molar-refractivity contribution in [3.8, 4) is 0 Å². The number of aliphatic hydroxyl groups is 1. The Morgan fingerprint density at radius 1 is 1.24 bits per heavy atom. The van der Waals surface area contributed by atoms with Gasteiger partial charge >= 0.3 is 0 Å². The maximum Gasteiger partial charge on any atom is 0.296 e. The molecule has 0 spiro atoms. The van der Waals surface area contributed by atoms with Crippen LogP contribution in [0.3, 0.4) is 0 Å². The topological polar surface area (TPSA) is 58.3 Å². The number of fused-ring (bicyclic) bond motifs is 2. The van der Waals surface area contributed by atoms with Crippen molar-refractivity contribution < 1.29 is 9.52 Å². The average Bonchev–Trinajstić information content (AvgIpc) is 3.00. The molecule has 3 aromatic rings. The van der Waals surface area contributed by atoms with Gasteiger partial charge in [-0.1, -0.05) is 35.9 Å². The number of hydrogen-bond acceptors (Lipinski definition) is 4. The van der Waals surface area contributed by atoms with Gasteiger partial charge in [-0.2, -0.15) is 4.98 Å². The molecule has 0 aliphatic heterocycles. The number of oxazole rings is 1. The third kappa shape index (κ3) is 2.17. The molecule has 0 radical (unpaired) electrons. The number of hydrogen-bond donors (Lipinski definition) is 2. The summed E-state index contributed by atoms with van der Waals surface area (Å²) < 4.78 is 5.66. The third-order valence-electron chi connectivity index (χ3n) is 3.83. The summed E-state index contributed by atoms with van der Waals surface area (Å²) in [5.74, 6) is 0. The van der Waals surface area contributed by atoms with Crippen molar-refractivity contribution in [2.45, 2.75) is 18.6 Å². The van der Waals surface area contributed by atoms with Crippen LogP contribution in [0.15, 0.2) is 46.9 Å². The summed E-state index contributed by atoms with van der Waals surface area (Å²) in [4.78, 5) is 4.38. The summed E-state index contributed by atoms with van der Waals surface area (Å²) >= 11 is 5.94. The fraction of sp³-hybridized carbons (Fsp3) is 0.188. The standard InChI is InChI=1S/C16H13ClN2O2/c17-10-5-6-12-14(8-10)21-16(18-12)19-15-11-4-2-1-3-9(11)7-13(15)20/h1-6,8,13,15,20H,7H2,(H,18,19). The van der Waals surface area contributed by atoms with E-state index in [0.717, 1.165) is 16.6 Å². The van der Waals surface area contributed by atoms with Crippen molar-refractivity contribution in [3.05, 3.63) is 58.6 Å². The zero-order chi connectivity index (χ0) is 14.4. The van der Waals surface area contributed by atoms with Crippen molar-refractivity contribution in [1.82, 2.24) is 4.98 Å². The van der Waals surface area contributed by atoms with Gasteiger partial charge in [0.05, 0.1) is 12.1 Å². The Labute approximate surface area is 126 Å². The number of aliphatic hydroxyl groups excluding tert-OH is 1. The van der Waals surface area contributed by atoms with E-state index in [4.69, 9.17) is 16.0 Å². The Kier molecular flexibility index (Phi) is 2.87. The fourth-order valence-electron chi connectivity index (χ4n) is 2.84. The van der Waals surface area contributed by atoms with E-state index in [-0.39, 0.29) is 6.04 Å². The second kappa shape index (κ2) is 4.76. The minimum atomic E-state index is -0.485. The molecule has 21 heavy (non-hydrogen) atoms. The van der Waals surface area contributed by atoms with Crippen LogP contribution in [0.1, 0.15) is 17.2 Å². The molecule has 4 nitrogen and oxygen atoms in total.